The highest BCUT2D eigenvalue weighted by Crippen LogP contribution is 2.30. The lowest BCUT2D eigenvalue weighted by molar-refractivity contribution is 0.236. The largest absolute Gasteiger partial charge is 0.497 e. The van der Waals surface area contributed by atoms with Gasteiger partial charge >= 0.3 is 0 Å². The van der Waals surface area contributed by atoms with E-state index in [1.165, 1.54) is 30.5 Å². The monoisotopic (exact) mass is 455 g/mol. The Balaban J connectivity index is 0.000000968. The molecule has 0 atom stereocenters. The summed E-state index contributed by atoms with van der Waals surface area (Å²) >= 11 is 0. The van der Waals surface area contributed by atoms with Crippen LogP contribution >= 0.6 is 0 Å². The molecule has 1 fully saturated rings. The van der Waals surface area contributed by atoms with E-state index in [0.29, 0.717) is 0 Å². The second-order valence-corrected chi connectivity index (χ2v) is 8.80. The van der Waals surface area contributed by atoms with Crippen LogP contribution in [0.25, 0.3) is 0 Å². The Labute approximate surface area is 199 Å². The molecule has 182 valence electrons. The van der Waals surface area contributed by atoms with Gasteiger partial charge in [0.2, 0.25) is 0 Å². The van der Waals surface area contributed by atoms with Gasteiger partial charge in [0.25, 0.3) is 0 Å². The van der Waals surface area contributed by atoms with E-state index in [1.54, 1.807) is 20.5 Å². The highest BCUT2D eigenvalue weighted by Gasteiger charge is 2.26. The van der Waals surface area contributed by atoms with Gasteiger partial charge in [-0.15, -0.1) is 0 Å². The van der Waals surface area contributed by atoms with Crippen molar-refractivity contribution in [2.24, 2.45) is 0 Å². The predicted octanol–water partition coefficient (Wildman–Crippen LogP) is 4.00. The minimum absolute atomic E-state index is 0.816. The maximum absolute atomic E-state index is 5.58. The van der Waals surface area contributed by atoms with E-state index in [1.807, 2.05) is 12.1 Å². The summed E-state index contributed by atoms with van der Waals surface area (Å²) in [6.45, 7) is 14.7. The van der Waals surface area contributed by atoms with Crippen LogP contribution in [0.3, 0.4) is 0 Å². The fourth-order valence-corrected chi connectivity index (χ4v) is 4.52. The molecule has 4 rings (SSSR count). The van der Waals surface area contributed by atoms with E-state index in [0.717, 1.165) is 75.2 Å². The number of methoxy groups -OCH3 is 2. The van der Waals surface area contributed by atoms with Crippen LogP contribution in [0, 0.1) is 0 Å². The van der Waals surface area contributed by atoms with Gasteiger partial charge in [-0.1, -0.05) is 33.3 Å². The second-order valence-electron chi connectivity index (χ2n) is 8.80. The Hall–Kier alpha value is -2.38. The van der Waals surface area contributed by atoms with Crippen molar-refractivity contribution in [1.82, 2.24) is 19.8 Å². The van der Waals surface area contributed by atoms with Crippen LogP contribution in [0.5, 0.6) is 11.5 Å². The first kappa shape index (κ1) is 25.2. The van der Waals surface area contributed by atoms with Crippen LogP contribution < -0.4 is 14.4 Å². The molecule has 0 radical (unpaired) electrons. The summed E-state index contributed by atoms with van der Waals surface area (Å²) < 4.78 is 10.9. The van der Waals surface area contributed by atoms with Crippen molar-refractivity contribution in [3.8, 4) is 11.5 Å². The van der Waals surface area contributed by atoms with Gasteiger partial charge in [-0.2, -0.15) is 0 Å². The van der Waals surface area contributed by atoms with Crippen LogP contribution in [-0.4, -0.2) is 73.3 Å². The summed E-state index contributed by atoms with van der Waals surface area (Å²) in [6.07, 6.45) is 5.20. The number of piperazine rings is 1. The third kappa shape index (κ3) is 6.58. The molecule has 0 spiro atoms. The van der Waals surface area contributed by atoms with Crippen molar-refractivity contribution in [2.45, 2.75) is 53.1 Å². The highest BCUT2D eigenvalue weighted by molar-refractivity contribution is 5.50. The van der Waals surface area contributed by atoms with Crippen LogP contribution in [0.1, 0.15) is 50.4 Å². The van der Waals surface area contributed by atoms with E-state index < -0.39 is 0 Å². The fraction of sp³-hybridized carbons (Fsp3) is 0.615. The number of rotatable bonds is 7. The van der Waals surface area contributed by atoms with Crippen molar-refractivity contribution in [3.05, 3.63) is 41.3 Å². The van der Waals surface area contributed by atoms with E-state index in [-0.39, 0.29) is 0 Å². The molecule has 7 heteroatoms. The molecule has 0 unspecified atom stereocenters. The lowest BCUT2D eigenvalue weighted by Crippen LogP contribution is -2.47. The van der Waals surface area contributed by atoms with Gasteiger partial charge in [-0.3, -0.25) is 9.80 Å². The molecule has 0 bridgehead atoms. The van der Waals surface area contributed by atoms with Crippen molar-refractivity contribution >= 4 is 5.82 Å². The van der Waals surface area contributed by atoms with E-state index >= 15 is 0 Å². The van der Waals surface area contributed by atoms with Crippen molar-refractivity contribution < 1.29 is 9.47 Å². The molecule has 7 nitrogen and oxygen atoms in total. The topological polar surface area (TPSA) is 54.0 Å². The third-order valence-corrected chi connectivity index (χ3v) is 6.16. The lowest BCUT2D eigenvalue weighted by Gasteiger charge is -2.37. The van der Waals surface area contributed by atoms with E-state index in [4.69, 9.17) is 9.47 Å². The Morgan fingerprint density at radius 2 is 1.67 bits per heavy atom. The maximum atomic E-state index is 5.58. The number of anilines is 1. The SMILES string of the molecule is CCC.CCCN1CCN(c2ncnc3c2CCN(Cc2ccc(OC)cc2OC)C3)CC1. The van der Waals surface area contributed by atoms with E-state index in [9.17, 15) is 0 Å². The minimum atomic E-state index is 0.816. The van der Waals surface area contributed by atoms with Gasteiger partial charge in [-0.05, 0) is 25.5 Å². The molecule has 0 N–H and O–H groups in total. The Morgan fingerprint density at radius 1 is 0.909 bits per heavy atom. The van der Waals surface area contributed by atoms with Gasteiger partial charge in [0.1, 0.15) is 23.6 Å². The highest BCUT2D eigenvalue weighted by atomic mass is 16.5. The molecular formula is C26H41N5O2. The molecule has 2 aliphatic heterocycles. The smallest absolute Gasteiger partial charge is 0.135 e. The number of ether oxygens (including phenoxy) is 2. The zero-order valence-corrected chi connectivity index (χ0v) is 21.1. The number of hydrogen-bond donors (Lipinski definition) is 0. The van der Waals surface area contributed by atoms with Crippen molar-refractivity contribution in [1.29, 1.82) is 0 Å². The number of fused-ring (bicyclic) bond motifs is 1. The van der Waals surface area contributed by atoms with E-state index in [2.05, 4.69) is 51.5 Å². The van der Waals surface area contributed by atoms with Gasteiger partial charge in [0, 0.05) is 63.0 Å². The van der Waals surface area contributed by atoms with Gasteiger partial charge in [-0.25, -0.2) is 9.97 Å². The number of hydrogen-bond acceptors (Lipinski definition) is 7. The Kier molecular flexibility index (Phi) is 9.76. The Bertz CT molecular complexity index is 868. The predicted molar refractivity (Wildman–Crippen MR) is 134 cm³/mol. The second kappa shape index (κ2) is 12.8. The van der Waals surface area contributed by atoms with Gasteiger partial charge in [0.05, 0.1) is 19.9 Å². The molecule has 1 aromatic carbocycles. The van der Waals surface area contributed by atoms with Crippen molar-refractivity contribution in [2.75, 3.05) is 58.4 Å². The summed E-state index contributed by atoms with van der Waals surface area (Å²) in [5, 5.41) is 0. The molecule has 1 saturated heterocycles. The normalized spacial score (nSPS) is 16.6. The Morgan fingerprint density at radius 3 is 2.33 bits per heavy atom. The first-order chi connectivity index (χ1) is 16.1. The number of benzene rings is 1. The first-order valence-electron chi connectivity index (χ1n) is 12.4. The summed E-state index contributed by atoms with van der Waals surface area (Å²) in [4.78, 5) is 16.8. The molecule has 3 heterocycles. The van der Waals surface area contributed by atoms with Crippen LogP contribution in [0.2, 0.25) is 0 Å². The molecule has 2 aromatic rings. The summed E-state index contributed by atoms with van der Waals surface area (Å²) in [5.74, 6) is 2.84. The molecule has 33 heavy (non-hydrogen) atoms. The average Bonchev–Trinajstić information content (AvgIpc) is 2.85. The maximum Gasteiger partial charge on any atom is 0.135 e. The molecule has 1 aromatic heterocycles. The molecule has 0 saturated carbocycles. The van der Waals surface area contributed by atoms with Crippen LogP contribution in [0.15, 0.2) is 24.5 Å². The van der Waals surface area contributed by atoms with Gasteiger partial charge in [0.15, 0.2) is 0 Å². The molecule has 2 aliphatic rings. The molecule has 0 amide bonds. The lowest BCUT2D eigenvalue weighted by atomic mass is 10.0. The van der Waals surface area contributed by atoms with Crippen LogP contribution in [0.4, 0.5) is 5.82 Å². The number of nitrogens with zero attached hydrogens (tertiary/aromatic N) is 5. The summed E-state index contributed by atoms with van der Waals surface area (Å²) in [6, 6.07) is 6.04. The quantitative estimate of drug-likeness (QED) is 0.625. The number of aromatic nitrogens is 2. The van der Waals surface area contributed by atoms with Crippen molar-refractivity contribution in [3.63, 3.8) is 0 Å². The average molecular weight is 456 g/mol. The van der Waals surface area contributed by atoms with Gasteiger partial charge < -0.3 is 14.4 Å². The minimum Gasteiger partial charge on any atom is -0.497 e. The standard InChI is InChI=1S/C23H33N5O2.C3H8/c1-4-8-26-10-12-28(13-11-26)23-20-7-9-27(16-21(20)24-17-25-23)15-18-5-6-19(29-2)14-22(18)30-3;1-3-2/h5-6,14,17H,4,7-13,15-16H2,1-3H3;3H2,1-2H3. The third-order valence-electron chi connectivity index (χ3n) is 6.16. The van der Waals surface area contributed by atoms with Crippen LogP contribution in [-0.2, 0) is 19.5 Å². The molecule has 0 aliphatic carbocycles. The molecular weight excluding hydrogens is 414 g/mol. The first-order valence-corrected chi connectivity index (χ1v) is 12.4. The summed E-state index contributed by atoms with van der Waals surface area (Å²) in [7, 11) is 3.39. The summed E-state index contributed by atoms with van der Waals surface area (Å²) in [5.41, 5.74) is 3.66. The fourth-order valence-electron chi connectivity index (χ4n) is 4.52. The zero-order valence-electron chi connectivity index (χ0n) is 21.1. The zero-order chi connectivity index (χ0) is 23.6.